The van der Waals surface area contributed by atoms with Crippen LogP contribution in [-0.4, -0.2) is 121 Å². The molecule has 0 unspecified atom stereocenters. The standard InChI is InChI=1S/2C25H27N7O3/c2*1-25(34)13-17-11-20(29-24(33)19-14-28-32-7-2-5-27-23(19)32)21(12-22(17)35-15-25)30-8-3-18(4-9-30)31-10-6-26-16-31/h2*2,5-7,10-12,14,16,18,34H,3-4,8-9,13,15H2,1H3,(H,29,33)/t2*25-/m10/s1. The summed E-state index contributed by atoms with van der Waals surface area (Å²) in [6.45, 7) is 7.33. The summed E-state index contributed by atoms with van der Waals surface area (Å²) < 4.78 is 19.3. The van der Waals surface area contributed by atoms with E-state index < -0.39 is 11.2 Å². The molecule has 20 nitrogen and oxygen atoms in total. The Morgan fingerprint density at radius 3 is 1.44 bits per heavy atom. The number of aliphatic hydroxyl groups is 2. The first-order valence-electron chi connectivity index (χ1n) is 23.6. The number of nitrogens with one attached hydrogen (secondary N) is 2. The lowest BCUT2D eigenvalue weighted by Gasteiger charge is -2.37. The summed E-state index contributed by atoms with van der Waals surface area (Å²) in [6.07, 6.45) is 26.0. The average molecular weight is 947 g/mol. The molecule has 0 radical (unpaired) electrons. The van der Waals surface area contributed by atoms with Gasteiger partial charge in [0.1, 0.15) is 35.8 Å². The highest BCUT2D eigenvalue weighted by molar-refractivity contribution is 6.10. The van der Waals surface area contributed by atoms with Crippen LogP contribution in [0.2, 0.25) is 0 Å². The third kappa shape index (κ3) is 9.09. The maximum Gasteiger partial charge on any atom is 0.261 e. The molecule has 2 atom stereocenters. The van der Waals surface area contributed by atoms with Gasteiger partial charge in [0, 0.05) is 113 Å². The second-order valence-corrected chi connectivity index (χ2v) is 19.1. The Labute approximate surface area is 402 Å². The summed E-state index contributed by atoms with van der Waals surface area (Å²) in [7, 11) is 0. The molecule has 0 bridgehead atoms. The van der Waals surface area contributed by atoms with Gasteiger partial charge in [0.05, 0.1) is 59.0 Å². The number of anilines is 4. The highest BCUT2D eigenvalue weighted by atomic mass is 16.5. The molecule has 6 aromatic heterocycles. The first kappa shape index (κ1) is 44.7. The summed E-state index contributed by atoms with van der Waals surface area (Å²) in [6, 6.07) is 12.2. The summed E-state index contributed by atoms with van der Waals surface area (Å²) in [5.74, 6) is 0.936. The van der Waals surface area contributed by atoms with E-state index in [0.29, 0.717) is 58.7 Å². The minimum Gasteiger partial charge on any atom is -0.490 e. The monoisotopic (exact) mass is 946 g/mol. The summed E-state index contributed by atoms with van der Waals surface area (Å²) in [5.41, 5.74) is 4.81. The molecule has 0 saturated carbocycles. The van der Waals surface area contributed by atoms with E-state index in [1.54, 1.807) is 59.8 Å². The maximum absolute atomic E-state index is 13.3. The minimum atomic E-state index is -0.953. The molecule has 2 amide bonds. The summed E-state index contributed by atoms with van der Waals surface area (Å²) >= 11 is 0. The van der Waals surface area contributed by atoms with Gasteiger partial charge in [-0.15, -0.1) is 0 Å². The van der Waals surface area contributed by atoms with Crippen LogP contribution in [-0.2, 0) is 12.8 Å². The number of aromatic nitrogens is 10. The largest absolute Gasteiger partial charge is 0.490 e. The van der Waals surface area contributed by atoms with Crippen LogP contribution in [0.25, 0.3) is 11.3 Å². The Balaban J connectivity index is 0.000000152. The number of carbonyl (C=O) groups excluding carboxylic acids is 2. The number of benzene rings is 2. The zero-order valence-corrected chi connectivity index (χ0v) is 38.9. The zero-order valence-electron chi connectivity index (χ0n) is 38.9. The van der Waals surface area contributed by atoms with Crippen molar-refractivity contribution in [2.24, 2.45) is 0 Å². The predicted octanol–water partition coefficient (Wildman–Crippen LogP) is 5.41. The third-order valence-corrected chi connectivity index (χ3v) is 13.6. The topological polar surface area (TPSA) is 220 Å². The molecule has 4 N–H and O–H groups in total. The van der Waals surface area contributed by atoms with Crippen molar-refractivity contribution in [1.82, 2.24) is 48.3 Å². The van der Waals surface area contributed by atoms with Crippen LogP contribution >= 0.6 is 0 Å². The van der Waals surface area contributed by atoms with Gasteiger partial charge in [-0.05, 0) is 74.9 Å². The molecule has 4 aliphatic heterocycles. The van der Waals surface area contributed by atoms with Crippen LogP contribution in [0.1, 0.15) is 83.5 Å². The van der Waals surface area contributed by atoms with Crippen molar-refractivity contribution in [2.75, 3.05) is 59.8 Å². The van der Waals surface area contributed by atoms with Gasteiger partial charge in [-0.3, -0.25) is 9.59 Å². The molecular formula is C50H54N14O6. The number of rotatable bonds is 8. The molecule has 10 heterocycles. The lowest BCUT2D eigenvalue weighted by Crippen LogP contribution is -2.39. The van der Waals surface area contributed by atoms with Crippen molar-refractivity contribution in [3.8, 4) is 11.5 Å². The van der Waals surface area contributed by atoms with Crippen molar-refractivity contribution >= 4 is 45.9 Å². The highest BCUT2D eigenvalue weighted by Crippen LogP contribution is 2.42. The molecule has 2 aromatic carbocycles. The van der Waals surface area contributed by atoms with E-state index in [2.05, 4.69) is 59.7 Å². The van der Waals surface area contributed by atoms with Crippen LogP contribution < -0.4 is 29.9 Å². The van der Waals surface area contributed by atoms with Crippen molar-refractivity contribution in [1.29, 1.82) is 0 Å². The first-order valence-corrected chi connectivity index (χ1v) is 23.6. The number of nitrogens with zero attached hydrogens (tertiary/aromatic N) is 12. The van der Waals surface area contributed by atoms with Crippen LogP contribution in [0, 0.1) is 0 Å². The van der Waals surface area contributed by atoms with Crippen molar-refractivity contribution in [3.05, 3.63) is 133 Å². The summed E-state index contributed by atoms with van der Waals surface area (Å²) in [4.78, 5) is 48.2. The van der Waals surface area contributed by atoms with Crippen LogP contribution in [0.5, 0.6) is 11.5 Å². The van der Waals surface area contributed by atoms with Crippen molar-refractivity contribution in [3.63, 3.8) is 0 Å². The van der Waals surface area contributed by atoms with Gasteiger partial charge in [-0.2, -0.15) is 10.2 Å². The fourth-order valence-electron chi connectivity index (χ4n) is 10.0. The first-order chi connectivity index (χ1) is 33.9. The van der Waals surface area contributed by atoms with Gasteiger partial charge in [-0.1, -0.05) is 0 Å². The van der Waals surface area contributed by atoms with E-state index in [1.807, 2.05) is 61.7 Å². The molecule has 12 rings (SSSR count). The fraction of sp³-hybridized carbons (Fsp3) is 0.360. The van der Waals surface area contributed by atoms with E-state index in [-0.39, 0.29) is 25.0 Å². The number of hydrogen-bond donors (Lipinski definition) is 4. The number of ether oxygens (including phenoxy) is 2. The Morgan fingerprint density at radius 1 is 0.614 bits per heavy atom. The molecule has 0 aliphatic carbocycles. The van der Waals surface area contributed by atoms with Crippen LogP contribution in [0.4, 0.5) is 22.7 Å². The molecule has 2 fully saturated rings. The molecule has 70 heavy (non-hydrogen) atoms. The van der Waals surface area contributed by atoms with Crippen molar-refractivity contribution < 1.29 is 29.3 Å². The quantitative estimate of drug-likeness (QED) is 0.150. The van der Waals surface area contributed by atoms with Gasteiger partial charge in [-0.25, -0.2) is 29.0 Å². The van der Waals surface area contributed by atoms with Gasteiger partial charge >= 0.3 is 0 Å². The second kappa shape index (κ2) is 18.2. The lowest BCUT2D eigenvalue weighted by molar-refractivity contribution is -0.000823. The van der Waals surface area contributed by atoms with E-state index in [0.717, 1.165) is 85.9 Å². The van der Waals surface area contributed by atoms with Gasteiger partial charge in [0.2, 0.25) is 0 Å². The smallest absolute Gasteiger partial charge is 0.261 e. The predicted molar refractivity (Wildman–Crippen MR) is 260 cm³/mol. The van der Waals surface area contributed by atoms with Gasteiger partial charge in [0.15, 0.2) is 11.3 Å². The molecular weight excluding hydrogens is 893 g/mol. The average Bonchev–Trinajstić information content (AvgIpc) is 4.22. The van der Waals surface area contributed by atoms with E-state index >= 15 is 0 Å². The Hall–Kier alpha value is -7.84. The number of fused-ring (bicyclic) bond motifs is 4. The van der Waals surface area contributed by atoms with Crippen LogP contribution in [0.3, 0.4) is 0 Å². The lowest BCUT2D eigenvalue weighted by atomic mass is 9.93. The number of carbonyl (C=O) groups is 2. The number of hydrogen-bond acceptors (Lipinski definition) is 14. The Kier molecular flexibility index (Phi) is 11.6. The minimum absolute atomic E-state index is 0.238. The maximum atomic E-state index is 13.3. The molecule has 0 spiro atoms. The van der Waals surface area contributed by atoms with E-state index in [4.69, 9.17) is 9.47 Å². The molecule has 4 aliphatic rings. The van der Waals surface area contributed by atoms with E-state index in [9.17, 15) is 19.8 Å². The van der Waals surface area contributed by atoms with Gasteiger partial charge < -0.3 is 49.3 Å². The molecule has 8 aromatic rings. The number of imidazole rings is 2. The SMILES string of the molecule is C[C@@]1(O)COc2cc(N3CCC(n4ccnc4)CC3)c(NC(=O)c3cnn4cccnc34)cc2C1.C[C@]1(O)COc2cc(N3CCC(n4ccnc4)CC3)c(NC(=O)c3cnn4cccnc34)cc2C1. The Bertz CT molecular complexity index is 2950. The number of piperidine rings is 2. The van der Waals surface area contributed by atoms with Crippen molar-refractivity contribution in [2.45, 2.75) is 75.7 Å². The van der Waals surface area contributed by atoms with Gasteiger partial charge in [0.25, 0.3) is 11.8 Å². The van der Waals surface area contributed by atoms with E-state index in [1.165, 1.54) is 12.4 Å². The normalized spacial score (nSPS) is 20.5. The molecule has 360 valence electrons. The summed E-state index contributed by atoms with van der Waals surface area (Å²) in [5, 5.41) is 35.8. The molecule has 20 heteroatoms. The Morgan fingerprint density at radius 2 is 1.04 bits per heavy atom. The highest BCUT2D eigenvalue weighted by Gasteiger charge is 2.34. The zero-order chi connectivity index (χ0) is 48.0. The number of amides is 2. The van der Waals surface area contributed by atoms with Crippen LogP contribution in [0.15, 0.2) is 111 Å². The second-order valence-electron chi connectivity index (χ2n) is 19.1. The molecule has 2 saturated heterocycles. The third-order valence-electron chi connectivity index (χ3n) is 13.6. The fourth-order valence-corrected chi connectivity index (χ4v) is 10.0.